The van der Waals surface area contributed by atoms with Gasteiger partial charge in [0.1, 0.15) is 0 Å². The first-order valence-corrected chi connectivity index (χ1v) is 8.11. The fourth-order valence-electron chi connectivity index (χ4n) is 2.66. The summed E-state index contributed by atoms with van der Waals surface area (Å²) in [7, 11) is 1.98. The van der Waals surface area contributed by atoms with Crippen LogP contribution in [0, 0.1) is 6.92 Å². The highest BCUT2D eigenvalue weighted by Gasteiger charge is 2.22. The largest absolute Gasteiger partial charge is 0.294 e. The number of likely N-dealkylation sites (tertiary alicyclic amines) is 1. The standard InChI is InChI=1S/C13H21BrClN3/c1-10-13(15)12(17(2)16-10)9-18-7-5-3-4-6-11(18)8-14/h11H,3-9H2,1-2H3. The van der Waals surface area contributed by atoms with Gasteiger partial charge in [-0.3, -0.25) is 9.58 Å². The second-order valence-corrected chi connectivity index (χ2v) is 6.12. The van der Waals surface area contributed by atoms with Crippen molar-refractivity contribution in [1.29, 1.82) is 0 Å². The van der Waals surface area contributed by atoms with E-state index in [0.717, 1.165) is 34.8 Å². The lowest BCUT2D eigenvalue weighted by Crippen LogP contribution is -2.36. The fourth-order valence-corrected chi connectivity index (χ4v) is 3.62. The molecule has 0 saturated carbocycles. The van der Waals surface area contributed by atoms with Crippen LogP contribution < -0.4 is 0 Å². The molecule has 1 aliphatic heterocycles. The summed E-state index contributed by atoms with van der Waals surface area (Å²) in [6.07, 6.45) is 5.25. The van der Waals surface area contributed by atoms with Crippen LogP contribution >= 0.6 is 27.5 Å². The van der Waals surface area contributed by atoms with Gasteiger partial charge in [0.15, 0.2) is 0 Å². The maximum atomic E-state index is 6.34. The van der Waals surface area contributed by atoms with Gasteiger partial charge in [0, 0.05) is 25.0 Å². The summed E-state index contributed by atoms with van der Waals surface area (Å²) in [6, 6.07) is 0.624. The first-order chi connectivity index (χ1) is 8.63. The minimum atomic E-state index is 0.624. The number of halogens is 2. The monoisotopic (exact) mass is 333 g/mol. The molecule has 1 aromatic heterocycles. The Kier molecular flexibility index (Phi) is 5.10. The Morgan fingerprint density at radius 1 is 1.39 bits per heavy atom. The van der Waals surface area contributed by atoms with E-state index >= 15 is 0 Å². The number of hydrogen-bond donors (Lipinski definition) is 0. The summed E-state index contributed by atoms with van der Waals surface area (Å²) in [4.78, 5) is 2.55. The summed E-state index contributed by atoms with van der Waals surface area (Å²) in [5, 5.41) is 6.27. The highest BCUT2D eigenvalue weighted by molar-refractivity contribution is 9.09. The van der Waals surface area contributed by atoms with Crippen molar-refractivity contribution in [2.75, 3.05) is 11.9 Å². The molecule has 0 bridgehead atoms. The minimum absolute atomic E-state index is 0.624. The normalized spacial score (nSPS) is 22.1. The van der Waals surface area contributed by atoms with Gasteiger partial charge in [-0.1, -0.05) is 40.4 Å². The van der Waals surface area contributed by atoms with E-state index in [9.17, 15) is 0 Å². The van der Waals surface area contributed by atoms with Gasteiger partial charge in [-0.25, -0.2) is 0 Å². The number of rotatable bonds is 3. The van der Waals surface area contributed by atoms with E-state index in [1.165, 1.54) is 25.7 Å². The van der Waals surface area contributed by atoms with Crippen LogP contribution in [0.15, 0.2) is 0 Å². The zero-order valence-corrected chi connectivity index (χ0v) is 13.5. The van der Waals surface area contributed by atoms with E-state index < -0.39 is 0 Å². The molecule has 1 atom stereocenters. The molecule has 0 aliphatic carbocycles. The molecule has 1 fully saturated rings. The van der Waals surface area contributed by atoms with Crippen LogP contribution in [0.1, 0.15) is 37.1 Å². The van der Waals surface area contributed by atoms with Gasteiger partial charge in [0.25, 0.3) is 0 Å². The van der Waals surface area contributed by atoms with Gasteiger partial charge in [0.05, 0.1) is 16.4 Å². The molecule has 102 valence electrons. The lowest BCUT2D eigenvalue weighted by atomic mass is 10.1. The summed E-state index contributed by atoms with van der Waals surface area (Å²) >= 11 is 9.99. The molecule has 0 radical (unpaired) electrons. The minimum Gasteiger partial charge on any atom is -0.294 e. The SMILES string of the molecule is Cc1nn(C)c(CN2CCCCCC2CBr)c1Cl. The van der Waals surface area contributed by atoms with Crippen LogP contribution in [0.25, 0.3) is 0 Å². The van der Waals surface area contributed by atoms with Crippen molar-refractivity contribution in [1.82, 2.24) is 14.7 Å². The molecule has 18 heavy (non-hydrogen) atoms. The molecule has 3 nitrogen and oxygen atoms in total. The average Bonchev–Trinajstić information content (AvgIpc) is 2.56. The maximum absolute atomic E-state index is 6.34. The Balaban J connectivity index is 2.15. The van der Waals surface area contributed by atoms with E-state index in [0.29, 0.717) is 6.04 Å². The van der Waals surface area contributed by atoms with E-state index in [2.05, 4.69) is 25.9 Å². The highest BCUT2D eigenvalue weighted by atomic mass is 79.9. The molecule has 1 saturated heterocycles. The van der Waals surface area contributed by atoms with Crippen LogP contribution in [-0.4, -0.2) is 32.6 Å². The van der Waals surface area contributed by atoms with E-state index in [1.807, 2.05) is 18.7 Å². The second kappa shape index (κ2) is 6.40. The Morgan fingerprint density at radius 2 is 2.17 bits per heavy atom. The van der Waals surface area contributed by atoms with Crippen molar-refractivity contribution in [2.45, 2.75) is 45.2 Å². The topological polar surface area (TPSA) is 21.1 Å². The maximum Gasteiger partial charge on any atom is 0.0860 e. The van der Waals surface area contributed by atoms with E-state index in [1.54, 1.807) is 0 Å². The molecular weight excluding hydrogens is 314 g/mol. The van der Waals surface area contributed by atoms with E-state index in [4.69, 9.17) is 11.6 Å². The van der Waals surface area contributed by atoms with Gasteiger partial charge in [-0.2, -0.15) is 5.10 Å². The van der Waals surface area contributed by atoms with Crippen molar-refractivity contribution in [3.63, 3.8) is 0 Å². The number of alkyl halides is 1. The second-order valence-electron chi connectivity index (χ2n) is 5.10. The molecular formula is C13H21BrClN3. The third-order valence-corrected chi connectivity index (χ3v) is 5.03. The third-order valence-electron chi connectivity index (χ3n) is 3.79. The van der Waals surface area contributed by atoms with Gasteiger partial charge < -0.3 is 0 Å². The van der Waals surface area contributed by atoms with Crippen LogP contribution in [-0.2, 0) is 13.6 Å². The van der Waals surface area contributed by atoms with Gasteiger partial charge in [0.2, 0.25) is 0 Å². The van der Waals surface area contributed by atoms with Crippen LogP contribution in [0.4, 0.5) is 0 Å². The van der Waals surface area contributed by atoms with Crippen LogP contribution in [0.2, 0.25) is 5.02 Å². The Bertz CT molecular complexity index is 405. The molecule has 0 N–H and O–H groups in total. The number of aryl methyl sites for hydroxylation is 2. The summed E-state index contributed by atoms with van der Waals surface area (Å²) in [5.74, 6) is 0. The Morgan fingerprint density at radius 3 is 2.78 bits per heavy atom. The molecule has 5 heteroatoms. The number of hydrogen-bond acceptors (Lipinski definition) is 2. The van der Waals surface area contributed by atoms with Crippen molar-refractivity contribution in [2.24, 2.45) is 7.05 Å². The summed E-state index contributed by atoms with van der Waals surface area (Å²) in [6.45, 7) is 4.04. The van der Waals surface area contributed by atoms with Crippen molar-refractivity contribution in [3.05, 3.63) is 16.4 Å². The predicted molar refractivity (Wildman–Crippen MR) is 79.4 cm³/mol. The lowest BCUT2D eigenvalue weighted by molar-refractivity contribution is 0.204. The fraction of sp³-hybridized carbons (Fsp3) is 0.769. The van der Waals surface area contributed by atoms with Gasteiger partial charge >= 0.3 is 0 Å². The molecule has 2 rings (SSSR count). The van der Waals surface area contributed by atoms with Gasteiger partial charge in [-0.15, -0.1) is 0 Å². The predicted octanol–water partition coefficient (Wildman–Crippen LogP) is 3.52. The molecule has 1 unspecified atom stereocenters. The Hall–Kier alpha value is -0.0600. The molecule has 2 heterocycles. The van der Waals surface area contributed by atoms with Crippen molar-refractivity contribution >= 4 is 27.5 Å². The highest BCUT2D eigenvalue weighted by Crippen LogP contribution is 2.25. The van der Waals surface area contributed by atoms with Crippen molar-refractivity contribution < 1.29 is 0 Å². The molecule has 0 aromatic carbocycles. The van der Waals surface area contributed by atoms with Crippen molar-refractivity contribution in [3.8, 4) is 0 Å². The molecule has 1 aromatic rings. The average molecular weight is 335 g/mol. The number of aromatic nitrogens is 2. The zero-order chi connectivity index (χ0) is 13.1. The molecule has 0 spiro atoms. The third kappa shape index (κ3) is 3.09. The Labute approximate surface area is 123 Å². The van der Waals surface area contributed by atoms with E-state index in [-0.39, 0.29) is 0 Å². The number of nitrogens with zero attached hydrogens (tertiary/aromatic N) is 3. The molecule has 0 amide bonds. The summed E-state index contributed by atoms with van der Waals surface area (Å²) < 4.78 is 1.92. The van der Waals surface area contributed by atoms with Gasteiger partial charge in [-0.05, 0) is 26.3 Å². The quantitative estimate of drug-likeness (QED) is 0.789. The summed E-state index contributed by atoms with van der Waals surface area (Å²) in [5.41, 5.74) is 2.07. The zero-order valence-electron chi connectivity index (χ0n) is 11.1. The lowest BCUT2D eigenvalue weighted by Gasteiger charge is -2.28. The molecule has 1 aliphatic rings. The van der Waals surface area contributed by atoms with Crippen LogP contribution in [0.5, 0.6) is 0 Å². The van der Waals surface area contributed by atoms with Crippen LogP contribution in [0.3, 0.4) is 0 Å². The first kappa shape index (κ1) is 14.4. The first-order valence-electron chi connectivity index (χ1n) is 6.61. The smallest absolute Gasteiger partial charge is 0.0860 e.